The summed E-state index contributed by atoms with van der Waals surface area (Å²) in [6.45, 7) is 1.25. The third kappa shape index (κ3) is 3.45. The Morgan fingerprint density at radius 1 is 1.23 bits per heavy atom. The number of benzene rings is 1. The van der Waals surface area contributed by atoms with Crippen molar-refractivity contribution in [3.8, 4) is 5.75 Å². The van der Waals surface area contributed by atoms with Gasteiger partial charge in [-0.15, -0.1) is 0 Å². The lowest BCUT2D eigenvalue weighted by Crippen LogP contribution is -2.65. The first-order valence-corrected chi connectivity index (χ1v) is 11.8. The highest BCUT2D eigenvalue weighted by Gasteiger charge is 2.64. The molecule has 0 radical (unpaired) electrons. The highest BCUT2D eigenvalue weighted by molar-refractivity contribution is 14.1. The third-order valence-electron chi connectivity index (χ3n) is 6.98. The maximum Gasteiger partial charge on any atom is 0.255 e. The van der Waals surface area contributed by atoms with Crippen LogP contribution in [-0.4, -0.2) is 74.4 Å². The van der Waals surface area contributed by atoms with Crippen LogP contribution in [0.15, 0.2) is 23.0 Å². The SMILES string of the molecule is CC(=O)Nc1cc(I)c2c(c1O)C(O)=C1C(=O)[C@]3(O)C(O)=C(C(N)=O)C(=O)[C@@H](N(C)C)C3CC1C2. The number of aliphatic hydroxyl groups excluding tert-OH is 2. The van der Waals surface area contributed by atoms with Gasteiger partial charge in [0.25, 0.3) is 5.91 Å². The molecule has 186 valence electrons. The first-order valence-electron chi connectivity index (χ1n) is 10.7. The van der Waals surface area contributed by atoms with Crippen LogP contribution in [0.3, 0.4) is 0 Å². The lowest BCUT2D eigenvalue weighted by molar-refractivity contribution is -0.153. The van der Waals surface area contributed by atoms with Crippen molar-refractivity contribution in [1.82, 2.24) is 4.90 Å². The molecule has 2 amide bonds. The Balaban J connectivity index is 1.97. The van der Waals surface area contributed by atoms with Crippen molar-refractivity contribution in [2.45, 2.75) is 31.4 Å². The summed E-state index contributed by atoms with van der Waals surface area (Å²) in [5.41, 5.74) is 1.99. The summed E-state index contributed by atoms with van der Waals surface area (Å²) in [4.78, 5) is 51.8. The van der Waals surface area contributed by atoms with Crippen molar-refractivity contribution in [3.05, 3.63) is 37.7 Å². The molecule has 3 aliphatic rings. The molecule has 2 unspecified atom stereocenters. The van der Waals surface area contributed by atoms with Crippen molar-refractivity contribution >= 4 is 57.4 Å². The Hall–Kier alpha value is -2.97. The van der Waals surface area contributed by atoms with Crippen molar-refractivity contribution < 1.29 is 39.6 Å². The van der Waals surface area contributed by atoms with Crippen molar-refractivity contribution in [2.75, 3.05) is 19.4 Å². The summed E-state index contributed by atoms with van der Waals surface area (Å²) in [5, 5.41) is 46.9. The standard InChI is InChI=1S/C23H24IN3O8/c1-7(28)26-12-6-11(24)9-4-8-5-10-16(27(2)3)19(31)15(22(25)34)21(33)23(10,35)20(32)13(8)18(30)14(9)17(12)29/h6,8,10,16,29-30,33,35H,4-5H2,1-3H3,(H2,25,34)(H,26,28)/t8?,10?,16-,23-/m0/s1. The number of hydrogen-bond donors (Lipinski definition) is 6. The summed E-state index contributed by atoms with van der Waals surface area (Å²) < 4.78 is 0.612. The van der Waals surface area contributed by atoms with Gasteiger partial charge in [0.05, 0.1) is 17.3 Å². The number of nitrogens with one attached hydrogen (secondary N) is 1. The van der Waals surface area contributed by atoms with Crippen LogP contribution in [0.2, 0.25) is 0 Å². The van der Waals surface area contributed by atoms with Crippen molar-refractivity contribution in [2.24, 2.45) is 17.6 Å². The number of likely N-dealkylation sites (N-methyl/N-ethyl adjacent to an activating group) is 1. The number of nitrogens with zero attached hydrogens (tertiary/aromatic N) is 1. The van der Waals surface area contributed by atoms with Crippen LogP contribution in [0, 0.1) is 15.4 Å². The van der Waals surface area contributed by atoms with Gasteiger partial charge in [-0.1, -0.05) is 0 Å². The number of primary amides is 1. The van der Waals surface area contributed by atoms with Crippen LogP contribution in [-0.2, 0) is 25.6 Å². The molecule has 1 saturated carbocycles. The Labute approximate surface area is 213 Å². The normalized spacial score (nSPS) is 28.0. The molecule has 4 rings (SSSR count). The largest absolute Gasteiger partial charge is 0.508 e. The fraction of sp³-hybridized carbons (Fsp3) is 0.391. The van der Waals surface area contributed by atoms with Crippen LogP contribution >= 0.6 is 22.6 Å². The Morgan fingerprint density at radius 2 is 1.86 bits per heavy atom. The molecule has 1 aromatic carbocycles. The average molecular weight is 597 g/mol. The smallest absolute Gasteiger partial charge is 0.255 e. The molecule has 12 heteroatoms. The number of rotatable bonds is 3. The molecule has 7 N–H and O–H groups in total. The monoisotopic (exact) mass is 597 g/mol. The third-order valence-corrected chi connectivity index (χ3v) is 7.94. The van der Waals surface area contributed by atoms with Crippen LogP contribution in [0.25, 0.3) is 5.76 Å². The zero-order valence-electron chi connectivity index (χ0n) is 19.0. The van der Waals surface area contributed by atoms with E-state index in [4.69, 9.17) is 5.73 Å². The number of phenolic OH excluding ortho intramolecular Hbond substituents is 1. The first kappa shape index (κ1) is 25.1. The number of carbonyl (C=O) groups excluding carboxylic acids is 4. The molecule has 3 aliphatic carbocycles. The van der Waals surface area contributed by atoms with Gasteiger partial charge in [-0.05, 0) is 67.1 Å². The zero-order valence-corrected chi connectivity index (χ0v) is 21.2. The summed E-state index contributed by atoms with van der Waals surface area (Å²) in [6.07, 6.45) is 0.191. The molecular formula is C23H24IN3O8. The van der Waals surface area contributed by atoms with E-state index < -0.39 is 69.7 Å². The van der Waals surface area contributed by atoms with Gasteiger partial charge in [0, 0.05) is 22.0 Å². The number of anilines is 1. The molecule has 0 aromatic heterocycles. The summed E-state index contributed by atoms with van der Waals surface area (Å²) in [6, 6.07) is 0.401. The van der Waals surface area contributed by atoms with E-state index in [1.807, 2.05) is 22.6 Å². The number of ketones is 2. The minimum Gasteiger partial charge on any atom is -0.508 e. The fourth-order valence-electron chi connectivity index (χ4n) is 5.55. The number of aliphatic hydroxyl groups is 3. The second-order valence-electron chi connectivity index (χ2n) is 9.25. The minimum atomic E-state index is -2.69. The Bertz CT molecular complexity index is 1280. The van der Waals surface area contributed by atoms with Gasteiger partial charge in [-0.2, -0.15) is 0 Å². The average Bonchev–Trinajstić information content (AvgIpc) is 2.73. The molecule has 0 bridgehead atoms. The molecule has 35 heavy (non-hydrogen) atoms. The number of halogens is 1. The van der Waals surface area contributed by atoms with E-state index in [1.54, 1.807) is 0 Å². The first-order chi connectivity index (χ1) is 16.2. The summed E-state index contributed by atoms with van der Waals surface area (Å²) in [5.74, 6) is -7.63. The van der Waals surface area contributed by atoms with Gasteiger partial charge in [-0.25, -0.2) is 0 Å². The Morgan fingerprint density at radius 3 is 2.40 bits per heavy atom. The number of aromatic hydroxyl groups is 1. The van der Waals surface area contributed by atoms with Crippen LogP contribution in [0.4, 0.5) is 5.69 Å². The number of fused-ring (bicyclic) bond motifs is 3. The summed E-state index contributed by atoms with van der Waals surface area (Å²) >= 11 is 1.99. The van der Waals surface area contributed by atoms with Crippen LogP contribution in [0.5, 0.6) is 5.75 Å². The lowest BCUT2D eigenvalue weighted by atomic mass is 9.57. The predicted octanol–water partition coefficient (Wildman–Crippen LogP) is 0.527. The number of phenols is 1. The fourth-order valence-corrected chi connectivity index (χ4v) is 6.35. The van der Waals surface area contributed by atoms with E-state index in [-0.39, 0.29) is 29.7 Å². The highest BCUT2D eigenvalue weighted by atomic mass is 127. The van der Waals surface area contributed by atoms with Gasteiger partial charge < -0.3 is 31.5 Å². The molecule has 1 fully saturated rings. The van der Waals surface area contributed by atoms with E-state index in [0.29, 0.717) is 9.13 Å². The lowest BCUT2D eigenvalue weighted by Gasteiger charge is -2.50. The maximum absolute atomic E-state index is 13.8. The molecule has 4 atom stereocenters. The summed E-state index contributed by atoms with van der Waals surface area (Å²) in [7, 11) is 3.08. The zero-order chi connectivity index (χ0) is 26.1. The van der Waals surface area contributed by atoms with E-state index in [2.05, 4.69) is 5.32 Å². The van der Waals surface area contributed by atoms with Crippen molar-refractivity contribution in [3.63, 3.8) is 0 Å². The van der Waals surface area contributed by atoms with E-state index in [1.165, 1.54) is 32.0 Å². The molecule has 0 saturated heterocycles. The van der Waals surface area contributed by atoms with E-state index >= 15 is 0 Å². The highest BCUT2D eigenvalue weighted by Crippen LogP contribution is 2.53. The van der Waals surface area contributed by atoms with E-state index in [0.717, 1.165) is 0 Å². The molecule has 11 nitrogen and oxygen atoms in total. The maximum atomic E-state index is 13.8. The second-order valence-corrected chi connectivity index (χ2v) is 10.4. The quantitative estimate of drug-likeness (QED) is 0.164. The van der Waals surface area contributed by atoms with Gasteiger partial charge in [0.1, 0.15) is 22.8 Å². The van der Waals surface area contributed by atoms with Crippen LogP contribution < -0.4 is 11.1 Å². The van der Waals surface area contributed by atoms with Gasteiger partial charge >= 0.3 is 0 Å². The minimum absolute atomic E-state index is 0.00997. The molecule has 0 aliphatic heterocycles. The van der Waals surface area contributed by atoms with Gasteiger partial charge in [-0.3, -0.25) is 24.1 Å². The molecule has 0 spiro atoms. The van der Waals surface area contributed by atoms with Gasteiger partial charge in [0.2, 0.25) is 11.7 Å². The topological polar surface area (TPSA) is 190 Å². The predicted molar refractivity (Wildman–Crippen MR) is 131 cm³/mol. The molecular weight excluding hydrogens is 573 g/mol. The van der Waals surface area contributed by atoms with Gasteiger partial charge in [0.15, 0.2) is 11.4 Å². The van der Waals surface area contributed by atoms with Crippen molar-refractivity contribution in [1.29, 1.82) is 0 Å². The second kappa shape index (κ2) is 8.31. The number of nitrogens with two attached hydrogens (primary N) is 1. The molecule has 0 heterocycles. The van der Waals surface area contributed by atoms with E-state index in [9.17, 15) is 39.6 Å². The number of carbonyl (C=O) groups is 4. The number of amides is 2. The van der Waals surface area contributed by atoms with Crippen LogP contribution in [0.1, 0.15) is 24.5 Å². The molecule has 1 aromatic rings. The number of hydrogen-bond acceptors (Lipinski definition) is 9. The Kier molecular flexibility index (Phi) is 5.97. The number of Topliss-reactive ketones (excluding diaryl/α,β-unsaturated/α-hetero) is 2.